The van der Waals surface area contributed by atoms with Crippen LogP contribution in [0.5, 0.6) is 0 Å². The number of rotatable bonds is 4. The molecule has 1 heterocycles. The van der Waals surface area contributed by atoms with Gasteiger partial charge in [0.15, 0.2) is 12.4 Å². The molecule has 1 aromatic carbocycles. The van der Waals surface area contributed by atoms with E-state index in [-0.39, 0.29) is 13.2 Å². The van der Waals surface area contributed by atoms with Crippen molar-refractivity contribution in [2.75, 3.05) is 6.61 Å². The van der Waals surface area contributed by atoms with Gasteiger partial charge in [0.05, 0.1) is 17.8 Å². The van der Waals surface area contributed by atoms with Gasteiger partial charge in [-0.15, -0.1) is 11.5 Å². The van der Waals surface area contributed by atoms with Gasteiger partial charge in [-0.25, -0.2) is 4.79 Å². The topological polar surface area (TPSA) is 95.9 Å². The van der Waals surface area contributed by atoms with Crippen molar-refractivity contribution in [3.63, 3.8) is 0 Å². The van der Waals surface area contributed by atoms with E-state index in [1.54, 1.807) is 24.3 Å². The smallest absolute Gasteiger partial charge is 0.339 e. The van der Waals surface area contributed by atoms with Crippen molar-refractivity contribution in [2.45, 2.75) is 6.54 Å². The highest BCUT2D eigenvalue weighted by Crippen LogP contribution is 2.11. The maximum absolute atomic E-state index is 11.7. The van der Waals surface area contributed by atoms with Crippen LogP contribution in [0.3, 0.4) is 0 Å². The van der Waals surface area contributed by atoms with Gasteiger partial charge in [-0.1, -0.05) is 12.0 Å². The van der Waals surface area contributed by atoms with Crippen molar-refractivity contribution in [3.8, 4) is 18.0 Å². The first kappa shape index (κ1) is 12.7. The first-order valence-electron chi connectivity index (χ1n) is 5.44. The minimum absolute atomic E-state index is 0.0675. The molecule has 0 aliphatic carbocycles. The third kappa shape index (κ3) is 2.75. The average Bonchev–Trinajstić information content (AvgIpc) is 2.93. The molecule has 0 atom stereocenters. The predicted molar refractivity (Wildman–Crippen MR) is 66.2 cm³/mol. The molecule has 0 bridgehead atoms. The van der Waals surface area contributed by atoms with Crippen molar-refractivity contribution in [2.24, 2.45) is 5.73 Å². The lowest BCUT2D eigenvalue weighted by Gasteiger charge is -2.05. The molecule has 0 aliphatic heterocycles. The van der Waals surface area contributed by atoms with E-state index in [1.807, 2.05) is 0 Å². The van der Waals surface area contributed by atoms with Crippen LogP contribution in [0, 0.1) is 12.3 Å². The maximum Gasteiger partial charge on any atom is 0.339 e. The van der Waals surface area contributed by atoms with Gasteiger partial charge in [-0.05, 0) is 28.6 Å². The van der Waals surface area contributed by atoms with Crippen LogP contribution < -0.4 is 5.73 Å². The maximum atomic E-state index is 11.7. The van der Waals surface area contributed by atoms with Crippen LogP contribution >= 0.6 is 0 Å². The SMILES string of the molecule is C#CCOC(=O)c1cccc(-n2nnnc2CN)c1. The minimum Gasteiger partial charge on any atom is -0.449 e. The molecule has 7 nitrogen and oxygen atoms in total. The number of hydrogen-bond donors (Lipinski definition) is 1. The molecular formula is C12H11N5O2. The van der Waals surface area contributed by atoms with E-state index in [0.29, 0.717) is 17.1 Å². The van der Waals surface area contributed by atoms with Crippen molar-refractivity contribution in [1.82, 2.24) is 20.2 Å². The summed E-state index contributed by atoms with van der Waals surface area (Å²) in [5, 5.41) is 11.1. The molecule has 0 amide bonds. The van der Waals surface area contributed by atoms with Crippen LogP contribution in [0.25, 0.3) is 5.69 Å². The van der Waals surface area contributed by atoms with Crippen LogP contribution in [0.15, 0.2) is 24.3 Å². The van der Waals surface area contributed by atoms with Crippen LogP contribution in [0.1, 0.15) is 16.2 Å². The Balaban J connectivity index is 2.30. The second-order valence-electron chi connectivity index (χ2n) is 3.54. The Morgan fingerprint density at radius 1 is 1.53 bits per heavy atom. The number of tetrazole rings is 1. The van der Waals surface area contributed by atoms with Gasteiger partial charge in [0.1, 0.15) is 0 Å². The molecule has 1 aromatic heterocycles. The van der Waals surface area contributed by atoms with Gasteiger partial charge in [0.25, 0.3) is 0 Å². The molecule has 2 aromatic rings. The number of esters is 1. The predicted octanol–water partition coefficient (Wildman–Crippen LogP) is -0.0890. The third-order valence-corrected chi connectivity index (χ3v) is 2.33. The summed E-state index contributed by atoms with van der Waals surface area (Å²) in [6, 6.07) is 6.68. The second-order valence-corrected chi connectivity index (χ2v) is 3.54. The molecule has 19 heavy (non-hydrogen) atoms. The summed E-state index contributed by atoms with van der Waals surface area (Å²) < 4.78 is 6.30. The number of ether oxygens (including phenoxy) is 1. The van der Waals surface area contributed by atoms with E-state index in [1.165, 1.54) is 4.68 Å². The number of carbonyl (C=O) groups is 1. The molecule has 2 rings (SSSR count). The highest BCUT2D eigenvalue weighted by molar-refractivity contribution is 5.90. The number of hydrogen-bond acceptors (Lipinski definition) is 6. The van der Waals surface area contributed by atoms with E-state index in [2.05, 4.69) is 21.4 Å². The Bertz CT molecular complexity index is 629. The van der Waals surface area contributed by atoms with Crippen LogP contribution in [0.4, 0.5) is 0 Å². The zero-order valence-electron chi connectivity index (χ0n) is 9.98. The number of aromatic nitrogens is 4. The lowest BCUT2D eigenvalue weighted by atomic mass is 10.2. The van der Waals surface area contributed by atoms with Crippen molar-refractivity contribution >= 4 is 5.97 Å². The average molecular weight is 257 g/mol. The van der Waals surface area contributed by atoms with Gasteiger partial charge < -0.3 is 10.5 Å². The van der Waals surface area contributed by atoms with Gasteiger partial charge in [0, 0.05) is 0 Å². The van der Waals surface area contributed by atoms with E-state index in [4.69, 9.17) is 16.9 Å². The Labute approximate surface area is 109 Å². The Kier molecular flexibility index (Phi) is 3.85. The van der Waals surface area contributed by atoms with Gasteiger partial charge >= 0.3 is 5.97 Å². The molecule has 0 unspecified atom stereocenters. The van der Waals surface area contributed by atoms with E-state index < -0.39 is 5.97 Å². The standard InChI is InChI=1S/C12H11N5O2/c1-2-6-19-12(18)9-4-3-5-10(7-9)17-11(8-13)14-15-16-17/h1,3-5,7H,6,8,13H2. The highest BCUT2D eigenvalue weighted by atomic mass is 16.5. The highest BCUT2D eigenvalue weighted by Gasteiger charge is 2.11. The first-order chi connectivity index (χ1) is 9.26. The molecule has 0 spiro atoms. The fourth-order valence-electron chi connectivity index (χ4n) is 1.49. The number of terminal acetylenes is 1. The molecule has 0 saturated heterocycles. The van der Waals surface area contributed by atoms with Crippen molar-refractivity contribution in [3.05, 3.63) is 35.7 Å². The molecule has 0 aliphatic rings. The van der Waals surface area contributed by atoms with Crippen LogP contribution in [0.2, 0.25) is 0 Å². The molecule has 0 saturated carbocycles. The second kappa shape index (κ2) is 5.75. The Hall–Kier alpha value is -2.72. The van der Waals surface area contributed by atoms with Gasteiger partial charge in [0.2, 0.25) is 0 Å². The summed E-state index contributed by atoms with van der Waals surface area (Å²) in [7, 11) is 0. The lowest BCUT2D eigenvalue weighted by Crippen LogP contribution is -2.10. The van der Waals surface area contributed by atoms with Crippen molar-refractivity contribution in [1.29, 1.82) is 0 Å². The summed E-state index contributed by atoms with van der Waals surface area (Å²) in [6.45, 7) is 0.126. The summed E-state index contributed by atoms with van der Waals surface area (Å²) >= 11 is 0. The first-order valence-corrected chi connectivity index (χ1v) is 5.44. The number of benzene rings is 1. The number of carbonyl (C=O) groups excluding carboxylic acids is 1. The third-order valence-electron chi connectivity index (χ3n) is 2.33. The zero-order valence-corrected chi connectivity index (χ0v) is 9.98. The number of nitrogens with two attached hydrogens (primary N) is 1. The van der Waals surface area contributed by atoms with E-state index in [9.17, 15) is 4.79 Å². The molecular weight excluding hydrogens is 246 g/mol. The molecule has 96 valence electrons. The van der Waals surface area contributed by atoms with Gasteiger partial charge in [-0.2, -0.15) is 4.68 Å². The largest absolute Gasteiger partial charge is 0.449 e. The fraction of sp³-hybridized carbons (Fsp3) is 0.167. The molecule has 0 radical (unpaired) electrons. The van der Waals surface area contributed by atoms with E-state index in [0.717, 1.165) is 0 Å². The Morgan fingerprint density at radius 2 is 2.37 bits per heavy atom. The normalized spacial score (nSPS) is 9.89. The summed E-state index contributed by atoms with van der Waals surface area (Å²) in [5.41, 5.74) is 6.51. The van der Waals surface area contributed by atoms with Gasteiger partial charge in [-0.3, -0.25) is 0 Å². The van der Waals surface area contributed by atoms with Crippen LogP contribution in [-0.2, 0) is 11.3 Å². The minimum atomic E-state index is -0.498. The Morgan fingerprint density at radius 3 is 3.11 bits per heavy atom. The van der Waals surface area contributed by atoms with E-state index >= 15 is 0 Å². The fourth-order valence-corrected chi connectivity index (χ4v) is 1.49. The summed E-state index contributed by atoms with van der Waals surface area (Å²) in [5.74, 6) is 2.23. The van der Waals surface area contributed by atoms with Crippen molar-refractivity contribution < 1.29 is 9.53 Å². The molecule has 0 fully saturated rings. The summed E-state index contributed by atoms with van der Waals surface area (Å²) in [6.07, 6.45) is 5.03. The number of nitrogens with zero attached hydrogens (tertiary/aromatic N) is 4. The lowest BCUT2D eigenvalue weighted by molar-refractivity contribution is 0.0556. The van der Waals surface area contributed by atoms with Crippen LogP contribution in [-0.4, -0.2) is 32.8 Å². The summed E-state index contributed by atoms with van der Waals surface area (Å²) in [4.78, 5) is 11.7. The quantitative estimate of drug-likeness (QED) is 0.607. The monoisotopic (exact) mass is 257 g/mol. The zero-order chi connectivity index (χ0) is 13.7. The molecule has 7 heteroatoms. The molecule has 2 N–H and O–H groups in total.